The van der Waals surface area contributed by atoms with Crippen molar-refractivity contribution >= 4 is 11.8 Å². The molecule has 2 heterocycles. The molecule has 2 nitrogen and oxygen atoms in total. The third kappa shape index (κ3) is 3.89. The lowest BCUT2D eigenvalue weighted by Gasteiger charge is -2.38. The zero-order chi connectivity index (χ0) is 19.2. The van der Waals surface area contributed by atoms with E-state index >= 15 is 0 Å². The molecule has 1 atom stereocenters. The second kappa shape index (κ2) is 7.15. The number of nitrogens with zero attached hydrogens (tertiary/aromatic N) is 2. The van der Waals surface area contributed by atoms with Crippen LogP contribution in [0.15, 0.2) is 46.2 Å². The molecule has 0 amide bonds. The summed E-state index contributed by atoms with van der Waals surface area (Å²) in [5.74, 6) is 0. The fourth-order valence-corrected chi connectivity index (χ4v) is 5.07. The molecule has 0 bridgehead atoms. The molecule has 6 heteroatoms. The van der Waals surface area contributed by atoms with Gasteiger partial charge in [0, 0.05) is 42.0 Å². The van der Waals surface area contributed by atoms with Gasteiger partial charge in [-0.25, -0.2) is 0 Å². The highest BCUT2D eigenvalue weighted by Crippen LogP contribution is 2.45. The molecule has 2 aliphatic heterocycles. The lowest BCUT2D eigenvalue weighted by molar-refractivity contribution is -0.137. The summed E-state index contributed by atoms with van der Waals surface area (Å²) < 4.78 is 39.6. The number of alkyl halides is 3. The highest BCUT2D eigenvalue weighted by Gasteiger charge is 2.33. The van der Waals surface area contributed by atoms with Crippen molar-refractivity contribution in [1.29, 1.82) is 0 Å². The fourth-order valence-electron chi connectivity index (χ4n) is 3.91. The predicted molar refractivity (Wildman–Crippen MR) is 102 cm³/mol. The van der Waals surface area contributed by atoms with Gasteiger partial charge in [-0.15, -0.1) is 0 Å². The molecular formula is C21H23F3N2S. The summed E-state index contributed by atoms with van der Waals surface area (Å²) in [6.45, 7) is 6.07. The van der Waals surface area contributed by atoms with E-state index in [9.17, 15) is 13.2 Å². The molecular weight excluding hydrogens is 369 g/mol. The zero-order valence-electron chi connectivity index (χ0n) is 15.5. The molecule has 2 aromatic rings. The molecule has 4 rings (SSSR count). The van der Waals surface area contributed by atoms with Gasteiger partial charge in [0.2, 0.25) is 0 Å². The smallest absolute Gasteiger partial charge is 0.304 e. The number of hydrogen-bond acceptors (Lipinski definition) is 3. The van der Waals surface area contributed by atoms with E-state index in [1.54, 1.807) is 6.07 Å². The number of piperazine rings is 1. The van der Waals surface area contributed by atoms with Crippen LogP contribution in [-0.4, -0.2) is 43.0 Å². The molecule has 0 spiro atoms. The van der Waals surface area contributed by atoms with Gasteiger partial charge in [0.1, 0.15) is 0 Å². The van der Waals surface area contributed by atoms with Crippen LogP contribution < -0.4 is 0 Å². The number of aryl methyl sites for hydroxylation is 1. The van der Waals surface area contributed by atoms with Gasteiger partial charge >= 0.3 is 6.18 Å². The van der Waals surface area contributed by atoms with Crippen molar-refractivity contribution in [3.63, 3.8) is 0 Å². The maximum Gasteiger partial charge on any atom is 0.416 e. The van der Waals surface area contributed by atoms with Crippen LogP contribution in [0.3, 0.4) is 0 Å². The SMILES string of the molecule is Cc1ccc2c(c1)C(N1CCN(C)CC1)Cc1ccc(C(F)(F)F)cc1S2. The van der Waals surface area contributed by atoms with Crippen molar-refractivity contribution in [1.82, 2.24) is 9.80 Å². The Kier molecular flexibility index (Phi) is 4.99. The molecule has 144 valence electrons. The van der Waals surface area contributed by atoms with Crippen LogP contribution in [0.2, 0.25) is 0 Å². The molecule has 0 saturated carbocycles. The van der Waals surface area contributed by atoms with E-state index < -0.39 is 11.7 Å². The summed E-state index contributed by atoms with van der Waals surface area (Å²) in [6, 6.07) is 10.7. The Morgan fingerprint density at radius 1 is 0.963 bits per heavy atom. The largest absolute Gasteiger partial charge is 0.416 e. The first-order chi connectivity index (χ1) is 12.8. The average molecular weight is 392 g/mol. The number of benzene rings is 2. The molecule has 0 aromatic heterocycles. The van der Waals surface area contributed by atoms with Gasteiger partial charge in [0.15, 0.2) is 0 Å². The number of hydrogen-bond donors (Lipinski definition) is 0. The monoisotopic (exact) mass is 392 g/mol. The number of halogens is 3. The third-order valence-corrected chi connectivity index (χ3v) is 6.72. The Morgan fingerprint density at radius 2 is 1.70 bits per heavy atom. The van der Waals surface area contributed by atoms with Crippen LogP contribution in [0.1, 0.15) is 28.3 Å². The van der Waals surface area contributed by atoms with Crippen LogP contribution in [0.25, 0.3) is 0 Å². The van der Waals surface area contributed by atoms with E-state index in [2.05, 4.69) is 35.9 Å². The molecule has 27 heavy (non-hydrogen) atoms. The summed E-state index contributed by atoms with van der Waals surface area (Å²) in [7, 11) is 2.13. The summed E-state index contributed by atoms with van der Waals surface area (Å²) in [6.07, 6.45) is -3.56. The summed E-state index contributed by atoms with van der Waals surface area (Å²) >= 11 is 1.47. The van der Waals surface area contributed by atoms with Crippen molar-refractivity contribution in [2.45, 2.75) is 35.4 Å². The molecule has 1 fully saturated rings. The van der Waals surface area contributed by atoms with E-state index in [1.807, 2.05) is 6.07 Å². The predicted octanol–water partition coefficient (Wildman–Crippen LogP) is 5.01. The van der Waals surface area contributed by atoms with E-state index in [4.69, 9.17) is 0 Å². The minimum Gasteiger partial charge on any atom is -0.304 e. The van der Waals surface area contributed by atoms with Gasteiger partial charge < -0.3 is 4.90 Å². The number of likely N-dealkylation sites (N-methyl/N-ethyl adjacent to an activating group) is 1. The van der Waals surface area contributed by atoms with Crippen LogP contribution in [0.5, 0.6) is 0 Å². The van der Waals surface area contributed by atoms with Crippen LogP contribution >= 0.6 is 11.8 Å². The fraction of sp³-hybridized carbons (Fsp3) is 0.429. The normalized spacial score (nSPS) is 21.4. The molecule has 1 saturated heterocycles. The Bertz CT molecular complexity index is 842. The highest BCUT2D eigenvalue weighted by molar-refractivity contribution is 7.99. The Labute approximate surface area is 162 Å². The molecule has 2 aliphatic rings. The lowest BCUT2D eigenvalue weighted by Crippen LogP contribution is -2.46. The van der Waals surface area contributed by atoms with Crippen LogP contribution in [0.4, 0.5) is 13.2 Å². The molecule has 2 aromatic carbocycles. The van der Waals surface area contributed by atoms with Crippen molar-refractivity contribution < 1.29 is 13.2 Å². The highest BCUT2D eigenvalue weighted by atomic mass is 32.2. The van der Waals surface area contributed by atoms with Gasteiger partial charge in [-0.1, -0.05) is 35.5 Å². The van der Waals surface area contributed by atoms with Crippen molar-refractivity contribution in [3.8, 4) is 0 Å². The Hall–Kier alpha value is -1.50. The number of rotatable bonds is 1. The minimum absolute atomic E-state index is 0.207. The first-order valence-corrected chi connectivity index (χ1v) is 10.0. The maximum absolute atomic E-state index is 13.2. The molecule has 0 radical (unpaired) electrons. The van der Waals surface area contributed by atoms with Crippen LogP contribution in [-0.2, 0) is 12.6 Å². The van der Waals surface area contributed by atoms with Crippen LogP contribution in [0, 0.1) is 6.92 Å². The standard InChI is InChI=1S/C21H23F3N2S/c1-14-3-6-19-17(11-14)18(26-9-7-25(2)8-10-26)12-15-4-5-16(21(22,23)24)13-20(15)27-19/h3-6,11,13,18H,7-10,12H2,1-2H3. The van der Waals surface area contributed by atoms with Crippen molar-refractivity contribution in [3.05, 3.63) is 58.7 Å². The summed E-state index contributed by atoms with van der Waals surface area (Å²) in [5, 5.41) is 0. The summed E-state index contributed by atoms with van der Waals surface area (Å²) in [5.41, 5.74) is 2.87. The first kappa shape index (κ1) is 18.8. The van der Waals surface area contributed by atoms with Gasteiger partial charge in [-0.05, 0) is 49.7 Å². The van der Waals surface area contributed by atoms with Gasteiger partial charge in [0.25, 0.3) is 0 Å². The van der Waals surface area contributed by atoms with E-state index in [1.165, 1.54) is 35.0 Å². The average Bonchev–Trinajstić information content (AvgIpc) is 2.77. The second-order valence-electron chi connectivity index (χ2n) is 7.52. The lowest BCUT2D eigenvalue weighted by atomic mass is 9.95. The van der Waals surface area contributed by atoms with Gasteiger partial charge in [-0.3, -0.25) is 4.90 Å². The summed E-state index contributed by atoms with van der Waals surface area (Å²) in [4.78, 5) is 6.61. The van der Waals surface area contributed by atoms with E-state index in [0.717, 1.165) is 48.0 Å². The topological polar surface area (TPSA) is 6.48 Å². The maximum atomic E-state index is 13.2. The molecule has 0 N–H and O–H groups in total. The van der Waals surface area contributed by atoms with Gasteiger partial charge in [0.05, 0.1) is 5.56 Å². The zero-order valence-corrected chi connectivity index (χ0v) is 16.3. The van der Waals surface area contributed by atoms with E-state index in [-0.39, 0.29) is 6.04 Å². The molecule has 0 aliphatic carbocycles. The second-order valence-corrected chi connectivity index (χ2v) is 8.61. The quantitative estimate of drug-likeness (QED) is 0.674. The van der Waals surface area contributed by atoms with Crippen molar-refractivity contribution in [2.24, 2.45) is 0 Å². The van der Waals surface area contributed by atoms with Gasteiger partial charge in [-0.2, -0.15) is 13.2 Å². The molecule has 1 unspecified atom stereocenters. The minimum atomic E-state index is -4.31. The van der Waals surface area contributed by atoms with E-state index in [0.29, 0.717) is 0 Å². The Balaban J connectivity index is 1.76. The Morgan fingerprint density at radius 3 is 2.41 bits per heavy atom. The number of fused-ring (bicyclic) bond motifs is 2. The first-order valence-electron chi connectivity index (χ1n) is 9.22. The third-order valence-electron chi connectivity index (χ3n) is 5.53. The van der Waals surface area contributed by atoms with Crippen molar-refractivity contribution in [2.75, 3.05) is 33.2 Å².